The molecule has 0 aliphatic heterocycles. The number of rotatable bonds is 5. The molecule has 0 atom stereocenters. The first-order valence-corrected chi connectivity index (χ1v) is 6.05. The molecule has 2 N–H and O–H groups in total. The highest BCUT2D eigenvalue weighted by atomic mass is 14.7. The summed E-state index contributed by atoms with van der Waals surface area (Å²) in [6.45, 7) is 13.4. The van der Waals surface area contributed by atoms with Gasteiger partial charge in [0.05, 0.1) is 0 Å². The van der Waals surface area contributed by atoms with Gasteiger partial charge in [0.1, 0.15) is 0 Å². The largest absolute Gasteiger partial charge is 0.404 e. The summed E-state index contributed by atoms with van der Waals surface area (Å²) in [4.78, 5) is 4.51. The molecule has 0 aliphatic rings. The van der Waals surface area contributed by atoms with Crippen LogP contribution in [0.5, 0.6) is 0 Å². The summed E-state index contributed by atoms with van der Waals surface area (Å²) in [5.74, 6) is 0.723. The van der Waals surface area contributed by atoms with Crippen molar-refractivity contribution in [1.29, 1.82) is 0 Å². The lowest BCUT2D eigenvalue weighted by Crippen LogP contribution is -2.05. The number of aliphatic imine (C=N–C) groups is 1. The van der Waals surface area contributed by atoms with E-state index in [1.165, 1.54) is 12.8 Å². The quantitative estimate of drug-likeness (QED) is 0.692. The van der Waals surface area contributed by atoms with Gasteiger partial charge in [-0.3, -0.25) is 4.99 Å². The topological polar surface area (TPSA) is 38.4 Å². The number of nitrogens with two attached hydrogens (primary N) is 1. The molecule has 0 aromatic heterocycles. The highest BCUT2D eigenvalue weighted by Gasteiger charge is 2.01. The zero-order chi connectivity index (χ0) is 12.3. The van der Waals surface area contributed by atoms with E-state index in [0.717, 1.165) is 23.7 Å². The standard InChI is InChI=1S/C11H22N2.C2H6/c1-5-11(6-2)8-13-10(4)9(3)7-12;1-2/h7,11H,5-6,8,12H2,1-4H3;1-2H3/b9-7-,13-10?;. The average molecular weight is 212 g/mol. The van der Waals surface area contributed by atoms with Crippen LogP contribution in [0.1, 0.15) is 54.4 Å². The summed E-state index contributed by atoms with van der Waals surface area (Å²) >= 11 is 0. The summed E-state index contributed by atoms with van der Waals surface area (Å²) in [6, 6.07) is 0. The van der Waals surface area contributed by atoms with E-state index in [1.807, 2.05) is 27.7 Å². The van der Waals surface area contributed by atoms with Crippen molar-refractivity contribution in [3.8, 4) is 0 Å². The summed E-state index contributed by atoms with van der Waals surface area (Å²) in [5, 5.41) is 0. The second-order valence-electron chi connectivity index (χ2n) is 3.46. The molecule has 0 spiro atoms. The monoisotopic (exact) mass is 212 g/mol. The second-order valence-corrected chi connectivity index (χ2v) is 3.46. The predicted octanol–water partition coefficient (Wildman–Crippen LogP) is 3.77. The normalized spacial score (nSPS) is 12.5. The molecule has 0 fully saturated rings. The third-order valence-electron chi connectivity index (χ3n) is 2.56. The van der Waals surface area contributed by atoms with Gasteiger partial charge in [-0.05, 0) is 31.5 Å². The van der Waals surface area contributed by atoms with Crippen LogP contribution in [0.15, 0.2) is 16.8 Å². The molecule has 2 heteroatoms. The van der Waals surface area contributed by atoms with Gasteiger partial charge in [-0.15, -0.1) is 0 Å². The van der Waals surface area contributed by atoms with E-state index in [4.69, 9.17) is 5.73 Å². The zero-order valence-electron chi connectivity index (χ0n) is 11.3. The first-order chi connectivity index (χ1) is 7.15. The summed E-state index contributed by atoms with van der Waals surface area (Å²) in [7, 11) is 0. The lowest BCUT2D eigenvalue weighted by molar-refractivity contribution is 0.506. The number of hydrogen-bond acceptors (Lipinski definition) is 2. The Labute approximate surface area is 95.7 Å². The van der Waals surface area contributed by atoms with E-state index < -0.39 is 0 Å². The van der Waals surface area contributed by atoms with Crippen LogP contribution in [0.4, 0.5) is 0 Å². The third kappa shape index (κ3) is 8.22. The Kier molecular flexibility index (Phi) is 12.5. The van der Waals surface area contributed by atoms with Crippen molar-refractivity contribution in [2.24, 2.45) is 16.6 Å². The van der Waals surface area contributed by atoms with Crippen LogP contribution in [0.3, 0.4) is 0 Å². The average Bonchev–Trinajstić information content (AvgIpc) is 2.31. The lowest BCUT2D eigenvalue weighted by atomic mass is 10.0. The van der Waals surface area contributed by atoms with E-state index in [1.54, 1.807) is 6.20 Å². The highest BCUT2D eigenvalue weighted by Crippen LogP contribution is 2.08. The summed E-state index contributed by atoms with van der Waals surface area (Å²) < 4.78 is 0. The smallest absolute Gasteiger partial charge is 0.0420 e. The Morgan fingerprint density at radius 2 is 1.67 bits per heavy atom. The van der Waals surface area contributed by atoms with Crippen molar-refractivity contribution in [2.75, 3.05) is 6.54 Å². The maximum absolute atomic E-state index is 5.40. The molecule has 0 bridgehead atoms. The van der Waals surface area contributed by atoms with Gasteiger partial charge >= 0.3 is 0 Å². The fraction of sp³-hybridized carbons (Fsp3) is 0.769. The highest BCUT2D eigenvalue weighted by molar-refractivity contribution is 5.97. The molecule has 90 valence electrons. The van der Waals surface area contributed by atoms with Crippen LogP contribution in [0, 0.1) is 5.92 Å². The maximum atomic E-state index is 5.40. The van der Waals surface area contributed by atoms with Crippen LogP contribution in [-0.4, -0.2) is 12.3 Å². The first kappa shape index (κ1) is 16.6. The minimum absolute atomic E-state index is 0.723. The molecule has 0 aromatic rings. The van der Waals surface area contributed by atoms with Crippen molar-refractivity contribution in [3.63, 3.8) is 0 Å². The van der Waals surface area contributed by atoms with Crippen molar-refractivity contribution >= 4 is 5.71 Å². The molecular formula is C13H28N2. The van der Waals surface area contributed by atoms with E-state index in [9.17, 15) is 0 Å². The molecule has 0 saturated carbocycles. The molecule has 0 aliphatic carbocycles. The molecule has 0 saturated heterocycles. The van der Waals surface area contributed by atoms with E-state index in [2.05, 4.69) is 18.8 Å². The van der Waals surface area contributed by atoms with Crippen LogP contribution < -0.4 is 5.73 Å². The molecule has 0 aromatic carbocycles. The third-order valence-corrected chi connectivity index (χ3v) is 2.56. The van der Waals surface area contributed by atoms with Crippen LogP contribution in [0.25, 0.3) is 0 Å². The van der Waals surface area contributed by atoms with Gasteiger partial charge in [0.15, 0.2) is 0 Å². The molecule has 0 unspecified atom stereocenters. The Morgan fingerprint density at radius 1 is 1.20 bits per heavy atom. The SMILES string of the molecule is CC.CCC(CC)CN=C(C)/C(C)=C\N. The van der Waals surface area contributed by atoms with E-state index >= 15 is 0 Å². The maximum Gasteiger partial charge on any atom is 0.0420 e. The number of allylic oxidation sites excluding steroid dienone is 1. The molecule has 0 radical (unpaired) electrons. The predicted molar refractivity (Wildman–Crippen MR) is 71.3 cm³/mol. The molecule has 15 heavy (non-hydrogen) atoms. The van der Waals surface area contributed by atoms with Crippen molar-refractivity contribution in [3.05, 3.63) is 11.8 Å². The second kappa shape index (κ2) is 11.3. The van der Waals surface area contributed by atoms with Gasteiger partial charge < -0.3 is 5.73 Å². The van der Waals surface area contributed by atoms with E-state index in [-0.39, 0.29) is 0 Å². The van der Waals surface area contributed by atoms with Gasteiger partial charge in [-0.1, -0.05) is 40.5 Å². The fourth-order valence-electron chi connectivity index (χ4n) is 1.06. The minimum atomic E-state index is 0.723. The molecular weight excluding hydrogens is 184 g/mol. The van der Waals surface area contributed by atoms with E-state index in [0.29, 0.717) is 0 Å². The Balaban J connectivity index is 0. The van der Waals surface area contributed by atoms with Crippen molar-refractivity contribution in [1.82, 2.24) is 0 Å². The lowest BCUT2D eigenvalue weighted by Gasteiger charge is -2.09. The van der Waals surface area contributed by atoms with Gasteiger partial charge in [-0.25, -0.2) is 0 Å². The Morgan fingerprint density at radius 3 is 2.00 bits per heavy atom. The molecule has 0 rings (SSSR count). The van der Waals surface area contributed by atoms with Crippen LogP contribution in [0.2, 0.25) is 0 Å². The van der Waals surface area contributed by atoms with Gasteiger partial charge in [0.2, 0.25) is 0 Å². The van der Waals surface area contributed by atoms with Gasteiger partial charge in [0, 0.05) is 12.3 Å². The molecule has 0 heterocycles. The van der Waals surface area contributed by atoms with Crippen LogP contribution in [-0.2, 0) is 0 Å². The van der Waals surface area contributed by atoms with Crippen LogP contribution >= 0.6 is 0 Å². The van der Waals surface area contributed by atoms with Gasteiger partial charge in [-0.2, -0.15) is 0 Å². The summed E-state index contributed by atoms with van der Waals surface area (Å²) in [5.41, 5.74) is 7.54. The Bertz CT molecular complexity index is 189. The zero-order valence-corrected chi connectivity index (χ0v) is 11.3. The first-order valence-electron chi connectivity index (χ1n) is 6.05. The molecule has 0 amide bonds. The molecule has 2 nitrogen and oxygen atoms in total. The summed E-state index contributed by atoms with van der Waals surface area (Å²) in [6.07, 6.45) is 4.03. The fourth-order valence-corrected chi connectivity index (χ4v) is 1.06. The van der Waals surface area contributed by atoms with Gasteiger partial charge in [0.25, 0.3) is 0 Å². The van der Waals surface area contributed by atoms with Crippen molar-refractivity contribution in [2.45, 2.75) is 54.4 Å². The Hall–Kier alpha value is -0.790. The minimum Gasteiger partial charge on any atom is -0.404 e. The number of hydrogen-bond donors (Lipinski definition) is 1. The van der Waals surface area contributed by atoms with Crippen molar-refractivity contribution < 1.29 is 0 Å². The number of nitrogens with zero attached hydrogens (tertiary/aromatic N) is 1.